The average molecular weight is 208 g/mol. The van der Waals surface area contributed by atoms with Crippen molar-refractivity contribution >= 4 is 11.6 Å². The fourth-order valence-electron chi connectivity index (χ4n) is 2.58. The van der Waals surface area contributed by atoms with Crippen LogP contribution in [0.3, 0.4) is 0 Å². The topological polar surface area (TPSA) is 12.0 Å². The van der Waals surface area contributed by atoms with Crippen molar-refractivity contribution in [2.24, 2.45) is 5.92 Å². The van der Waals surface area contributed by atoms with E-state index in [1.54, 1.807) is 0 Å². The summed E-state index contributed by atoms with van der Waals surface area (Å²) in [6.07, 6.45) is 4.12. The minimum Gasteiger partial charge on any atom is -0.306 e. The lowest BCUT2D eigenvalue weighted by Gasteiger charge is -2.32. The van der Waals surface area contributed by atoms with Gasteiger partial charge < -0.3 is 5.32 Å². The van der Waals surface area contributed by atoms with E-state index in [0.717, 1.165) is 17.5 Å². The first-order valence-corrected chi connectivity index (χ1v) is 5.75. The number of benzene rings is 1. The van der Waals surface area contributed by atoms with Gasteiger partial charge in [-0.25, -0.2) is 0 Å². The highest BCUT2D eigenvalue weighted by molar-refractivity contribution is 6.31. The molecular formula is C12H14ClN. The zero-order chi connectivity index (χ0) is 9.54. The zero-order valence-corrected chi connectivity index (χ0v) is 8.85. The highest BCUT2D eigenvalue weighted by Crippen LogP contribution is 2.43. The molecular weight excluding hydrogens is 194 g/mol. The summed E-state index contributed by atoms with van der Waals surface area (Å²) in [6, 6.07) is 6.78. The molecule has 1 N–H and O–H groups in total. The van der Waals surface area contributed by atoms with Gasteiger partial charge in [0.25, 0.3) is 0 Å². The Bertz CT molecular complexity index is 357. The number of rotatable bonds is 1. The normalized spacial score (nSPS) is 25.9. The van der Waals surface area contributed by atoms with Crippen molar-refractivity contribution in [2.75, 3.05) is 0 Å². The standard InChI is InChI=1S/C12H14ClN/c13-10-6-2-5-9-7-14-12(11(9)10)8-3-1-4-8/h2,5-6,8,12,14H,1,3-4,7H2. The van der Waals surface area contributed by atoms with Gasteiger partial charge in [0, 0.05) is 17.6 Å². The Kier molecular flexibility index (Phi) is 2.03. The Balaban J connectivity index is 1.99. The van der Waals surface area contributed by atoms with E-state index < -0.39 is 0 Å². The van der Waals surface area contributed by atoms with Gasteiger partial charge in [0.05, 0.1) is 0 Å². The van der Waals surface area contributed by atoms with Crippen LogP contribution in [0.4, 0.5) is 0 Å². The summed E-state index contributed by atoms with van der Waals surface area (Å²) in [5, 5.41) is 4.53. The molecule has 0 saturated heterocycles. The third kappa shape index (κ3) is 1.19. The first-order valence-electron chi connectivity index (χ1n) is 5.37. The predicted octanol–water partition coefficient (Wildman–Crippen LogP) is 3.28. The molecule has 0 amide bonds. The highest BCUT2D eigenvalue weighted by Gasteiger charge is 2.34. The Morgan fingerprint density at radius 2 is 2.14 bits per heavy atom. The first-order chi connectivity index (χ1) is 6.86. The lowest BCUT2D eigenvalue weighted by molar-refractivity contribution is 0.240. The van der Waals surface area contributed by atoms with Gasteiger partial charge in [-0.15, -0.1) is 0 Å². The maximum Gasteiger partial charge on any atom is 0.0457 e. The molecule has 74 valence electrons. The molecule has 3 rings (SSSR count). The van der Waals surface area contributed by atoms with Crippen LogP contribution in [-0.2, 0) is 6.54 Å². The Morgan fingerprint density at radius 1 is 1.29 bits per heavy atom. The lowest BCUT2D eigenvalue weighted by Crippen LogP contribution is -2.27. The van der Waals surface area contributed by atoms with Crippen molar-refractivity contribution in [3.05, 3.63) is 34.3 Å². The van der Waals surface area contributed by atoms with Crippen LogP contribution in [0.2, 0.25) is 5.02 Å². The van der Waals surface area contributed by atoms with Crippen LogP contribution in [0, 0.1) is 5.92 Å². The fraction of sp³-hybridized carbons (Fsp3) is 0.500. The van der Waals surface area contributed by atoms with Crippen molar-refractivity contribution in [1.29, 1.82) is 0 Å². The second-order valence-electron chi connectivity index (χ2n) is 4.36. The minimum absolute atomic E-state index is 0.535. The van der Waals surface area contributed by atoms with E-state index in [1.165, 1.54) is 30.4 Å². The van der Waals surface area contributed by atoms with E-state index in [4.69, 9.17) is 11.6 Å². The van der Waals surface area contributed by atoms with Gasteiger partial charge in [-0.05, 0) is 36.0 Å². The van der Waals surface area contributed by atoms with Gasteiger partial charge in [0.15, 0.2) is 0 Å². The van der Waals surface area contributed by atoms with E-state index in [-0.39, 0.29) is 0 Å². The average Bonchev–Trinajstić information content (AvgIpc) is 2.47. The highest BCUT2D eigenvalue weighted by atomic mass is 35.5. The van der Waals surface area contributed by atoms with Crippen molar-refractivity contribution in [1.82, 2.24) is 5.32 Å². The number of hydrogen-bond acceptors (Lipinski definition) is 1. The van der Waals surface area contributed by atoms with Crippen LogP contribution in [-0.4, -0.2) is 0 Å². The summed E-state index contributed by atoms with van der Waals surface area (Å²) < 4.78 is 0. The molecule has 1 aromatic carbocycles. The maximum absolute atomic E-state index is 6.25. The SMILES string of the molecule is Clc1cccc2c1C(C1CCC1)NC2. The Morgan fingerprint density at radius 3 is 2.86 bits per heavy atom. The van der Waals surface area contributed by atoms with Gasteiger partial charge in [0.2, 0.25) is 0 Å². The third-order valence-electron chi connectivity index (χ3n) is 3.59. The van der Waals surface area contributed by atoms with E-state index in [1.807, 2.05) is 12.1 Å². The van der Waals surface area contributed by atoms with Crippen LogP contribution in [0.5, 0.6) is 0 Å². The molecule has 0 aromatic heterocycles. The second kappa shape index (κ2) is 3.25. The van der Waals surface area contributed by atoms with Gasteiger partial charge in [-0.2, -0.15) is 0 Å². The van der Waals surface area contributed by atoms with Crippen molar-refractivity contribution in [3.8, 4) is 0 Å². The van der Waals surface area contributed by atoms with E-state index in [0.29, 0.717) is 6.04 Å². The molecule has 1 unspecified atom stereocenters. The summed E-state index contributed by atoms with van der Waals surface area (Å²) in [7, 11) is 0. The molecule has 1 heterocycles. The largest absolute Gasteiger partial charge is 0.306 e. The van der Waals surface area contributed by atoms with E-state index in [9.17, 15) is 0 Å². The zero-order valence-electron chi connectivity index (χ0n) is 8.09. The van der Waals surface area contributed by atoms with Gasteiger partial charge in [0.1, 0.15) is 0 Å². The molecule has 1 aliphatic heterocycles. The summed E-state index contributed by atoms with van der Waals surface area (Å²) in [5.41, 5.74) is 2.77. The summed E-state index contributed by atoms with van der Waals surface area (Å²) >= 11 is 6.25. The second-order valence-corrected chi connectivity index (χ2v) is 4.77. The Labute approximate surface area is 89.5 Å². The molecule has 1 saturated carbocycles. The molecule has 0 radical (unpaired) electrons. The lowest BCUT2D eigenvalue weighted by atomic mass is 9.77. The minimum atomic E-state index is 0.535. The molecule has 1 aromatic rings. The number of hydrogen-bond donors (Lipinski definition) is 1. The molecule has 1 nitrogen and oxygen atoms in total. The molecule has 0 bridgehead atoms. The third-order valence-corrected chi connectivity index (χ3v) is 3.92. The van der Waals surface area contributed by atoms with Crippen molar-refractivity contribution in [2.45, 2.75) is 31.8 Å². The van der Waals surface area contributed by atoms with E-state index >= 15 is 0 Å². The fourth-order valence-corrected chi connectivity index (χ4v) is 2.89. The van der Waals surface area contributed by atoms with Crippen LogP contribution in [0.1, 0.15) is 36.4 Å². The van der Waals surface area contributed by atoms with Crippen LogP contribution < -0.4 is 5.32 Å². The van der Waals surface area contributed by atoms with Crippen molar-refractivity contribution < 1.29 is 0 Å². The number of fused-ring (bicyclic) bond motifs is 1. The van der Waals surface area contributed by atoms with Gasteiger partial charge in [-0.1, -0.05) is 30.2 Å². The van der Waals surface area contributed by atoms with Crippen molar-refractivity contribution in [3.63, 3.8) is 0 Å². The van der Waals surface area contributed by atoms with Gasteiger partial charge >= 0.3 is 0 Å². The van der Waals surface area contributed by atoms with Crippen LogP contribution in [0.15, 0.2) is 18.2 Å². The molecule has 1 fully saturated rings. The predicted molar refractivity (Wildman–Crippen MR) is 58.4 cm³/mol. The molecule has 2 heteroatoms. The monoisotopic (exact) mass is 207 g/mol. The molecule has 2 aliphatic rings. The first kappa shape index (κ1) is 8.75. The molecule has 0 spiro atoms. The molecule has 1 atom stereocenters. The summed E-state index contributed by atoms with van der Waals surface area (Å²) in [5.74, 6) is 0.830. The number of nitrogens with one attached hydrogen (secondary N) is 1. The quantitative estimate of drug-likeness (QED) is 0.745. The summed E-state index contributed by atoms with van der Waals surface area (Å²) in [6.45, 7) is 0.997. The summed E-state index contributed by atoms with van der Waals surface area (Å²) in [4.78, 5) is 0. The van der Waals surface area contributed by atoms with E-state index in [2.05, 4.69) is 11.4 Å². The maximum atomic E-state index is 6.25. The van der Waals surface area contributed by atoms with Gasteiger partial charge in [-0.3, -0.25) is 0 Å². The molecule has 1 aliphatic carbocycles. The number of halogens is 1. The van der Waals surface area contributed by atoms with Crippen LogP contribution >= 0.6 is 11.6 Å². The Hall–Kier alpha value is -0.530. The smallest absolute Gasteiger partial charge is 0.0457 e. The molecule has 14 heavy (non-hydrogen) atoms. The van der Waals surface area contributed by atoms with Crippen LogP contribution in [0.25, 0.3) is 0 Å².